The highest BCUT2D eigenvalue weighted by atomic mass is 35.5. The summed E-state index contributed by atoms with van der Waals surface area (Å²) in [4.78, 5) is 33.6. The van der Waals surface area contributed by atoms with E-state index in [9.17, 15) is 9.18 Å². The SMILES string of the molecule is CC(C)(C)OC(=O)N1[C@@H]2CC[C@H]1[C@H]1COc3nc(Cl)cc4nc(OC[C@@]56CCCN5C[C@H](F)C6)nc(c34)N1C2. The number of halogens is 2. The number of hydrogen-bond acceptors (Lipinski definition) is 9. The number of aromatic nitrogens is 3. The van der Waals surface area contributed by atoms with E-state index in [2.05, 4.69) is 19.8 Å². The molecule has 0 aromatic carbocycles. The first-order valence-electron chi connectivity index (χ1n) is 13.9. The summed E-state index contributed by atoms with van der Waals surface area (Å²) in [5, 5.41) is 0.950. The van der Waals surface area contributed by atoms with Crippen LogP contribution >= 0.6 is 11.6 Å². The van der Waals surface area contributed by atoms with Crippen LogP contribution < -0.4 is 14.4 Å². The van der Waals surface area contributed by atoms with Crippen LogP contribution in [0.2, 0.25) is 5.15 Å². The third kappa shape index (κ3) is 4.23. The van der Waals surface area contributed by atoms with E-state index in [1.54, 1.807) is 6.07 Å². The van der Waals surface area contributed by atoms with Gasteiger partial charge in [-0.1, -0.05) is 11.6 Å². The molecule has 210 valence electrons. The maximum atomic E-state index is 14.3. The van der Waals surface area contributed by atoms with Gasteiger partial charge < -0.3 is 19.1 Å². The van der Waals surface area contributed by atoms with E-state index in [1.165, 1.54) is 0 Å². The van der Waals surface area contributed by atoms with Gasteiger partial charge in [-0.25, -0.2) is 14.2 Å². The molecule has 2 aromatic heterocycles. The largest absolute Gasteiger partial charge is 0.475 e. The second-order valence-corrected chi connectivity index (χ2v) is 12.9. The summed E-state index contributed by atoms with van der Waals surface area (Å²) in [6, 6.07) is 1.67. The molecule has 7 rings (SSSR count). The fraction of sp³-hybridized carbons (Fsp3) is 0.704. The molecule has 0 saturated carbocycles. The fourth-order valence-corrected chi connectivity index (χ4v) is 7.50. The monoisotopic (exact) mass is 560 g/mol. The van der Waals surface area contributed by atoms with E-state index in [0.29, 0.717) is 55.3 Å². The predicted octanol–water partition coefficient (Wildman–Crippen LogP) is 3.98. The zero-order chi connectivity index (χ0) is 27.1. The van der Waals surface area contributed by atoms with E-state index in [0.717, 1.165) is 32.2 Å². The highest BCUT2D eigenvalue weighted by Crippen LogP contribution is 2.44. The van der Waals surface area contributed by atoms with Crippen LogP contribution in [0.4, 0.5) is 15.0 Å². The molecule has 2 bridgehead atoms. The van der Waals surface area contributed by atoms with Crippen molar-refractivity contribution in [3.8, 4) is 11.9 Å². The third-order valence-electron chi connectivity index (χ3n) is 8.87. The Hall–Kier alpha value is -2.66. The van der Waals surface area contributed by atoms with Gasteiger partial charge in [0.15, 0.2) is 0 Å². The minimum absolute atomic E-state index is 0.0109. The summed E-state index contributed by atoms with van der Waals surface area (Å²) in [6.07, 6.45) is 3.01. The molecule has 4 saturated heterocycles. The minimum atomic E-state index is -0.835. The Kier molecular flexibility index (Phi) is 5.79. The summed E-state index contributed by atoms with van der Waals surface area (Å²) in [5.41, 5.74) is -0.301. The number of nitrogens with zero attached hydrogens (tertiary/aromatic N) is 6. The van der Waals surface area contributed by atoms with Crippen molar-refractivity contribution in [1.29, 1.82) is 0 Å². The number of carbonyl (C=O) groups is 1. The number of rotatable bonds is 3. The smallest absolute Gasteiger partial charge is 0.410 e. The number of pyridine rings is 1. The molecule has 1 amide bonds. The first-order chi connectivity index (χ1) is 18.6. The van der Waals surface area contributed by atoms with Crippen LogP contribution in [0, 0.1) is 0 Å². The summed E-state index contributed by atoms with van der Waals surface area (Å²) >= 11 is 6.37. The van der Waals surface area contributed by atoms with Crippen molar-refractivity contribution in [2.75, 3.05) is 37.7 Å². The topological polar surface area (TPSA) is 93.1 Å². The number of piperazine rings is 1. The molecule has 0 spiro atoms. The number of anilines is 1. The zero-order valence-corrected chi connectivity index (χ0v) is 23.3. The Balaban J connectivity index is 1.23. The van der Waals surface area contributed by atoms with Crippen LogP contribution in [0.5, 0.6) is 11.9 Å². The summed E-state index contributed by atoms with van der Waals surface area (Å²) in [5.74, 6) is 1.05. The van der Waals surface area contributed by atoms with Gasteiger partial charge in [-0.05, 0) is 53.0 Å². The zero-order valence-electron chi connectivity index (χ0n) is 22.5. The van der Waals surface area contributed by atoms with Crippen molar-refractivity contribution in [2.24, 2.45) is 0 Å². The van der Waals surface area contributed by atoms with Crippen LogP contribution in [0.25, 0.3) is 10.9 Å². The van der Waals surface area contributed by atoms with Gasteiger partial charge in [0.2, 0.25) is 5.88 Å². The fourth-order valence-electron chi connectivity index (χ4n) is 7.32. The van der Waals surface area contributed by atoms with E-state index >= 15 is 0 Å². The number of fused-ring (bicyclic) bond motifs is 6. The lowest BCUT2D eigenvalue weighted by molar-refractivity contribution is 0.00538. The second kappa shape index (κ2) is 8.92. The molecular weight excluding hydrogens is 527 g/mol. The van der Waals surface area contributed by atoms with Crippen LogP contribution in [-0.2, 0) is 4.74 Å². The van der Waals surface area contributed by atoms with Crippen molar-refractivity contribution >= 4 is 34.4 Å². The maximum absolute atomic E-state index is 14.3. The van der Waals surface area contributed by atoms with Gasteiger partial charge in [0.25, 0.3) is 0 Å². The molecule has 2 aromatic rings. The Morgan fingerprint density at radius 2 is 2.08 bits per heavy atom. The summed E-state index contributed by atoms with van der Waals surface area (Å²) < 4.78 is 32.6. The molecule has 5 aliphatic rings. The highest BCUT2D eigenvalue weighted by molar-refractivity contribution is 6.30. The molecule has 4 fully saturated rings. The van der Waals surface area contributed by atoms with Crippen molar-refractivity contribution in [3.63, 3.8) is 0 Å². The number of carbonyl (C=O) groups excluding carboxylic acids is 1. The molecule has 5 atom stereocenters. The van der Waals surface area contributed by atoms with Crippen LogP contribution in [-0.4, -0.2) is 99.1 Å². The summed E-state index contributed by atoms with van der Waals surface area (Å²) in [7, 11) is 0. The van der Waals surface area contributed by atoms with Gasteiger partial charge in [0.05, 0.1) is 29.2 Å². The molecule has 7 heterocycles. The Bertz CT molecular complexity index is 1330. The number of alkyl halides is 1. The first kappa shape index (κ1) is 25.3. The predicted molar refractivity (Wildman–Crippen MR) is 142 cm³/mol. The van der Waals surface area contributed by atoms with Crippen molar-refractivity contribution in [3.05, 3.63) is 11.2 Å². The van der Waals surface area contributed by atoms with E-state index in [4.69, 9.17) is 30.8 Å². The van der Waals surface area contributed by atoms with Crippen LogP contribution in [0.1, 0.15) is 52.9 Å². The molecule has 10 nitrogen and oxygen atoms in total. The third-order valence-corrected chi connectivity index (χ3v) is 9.07. The maximum Gasteiger partial charge on any atom is 0.410 e. The molecular formula is C27H34ClFN6O4. The van der Waals surface area contributed by atoms with Gasteiger partial charge in [-0.2, -0.15) is 9.97 Å². The lowest BCUT2D eigenvalue weighted by Gasteiger charge is -2.46. The molecule has 0 N–H and O–H groups in total. The van der Waals surface area contributed by atoms with Gasteiger partial charge in [-0.3, -0.25) is 9.80 Å². The van der Waals surface area contributed by atoms with Crippen molar-refractivity contribution < 1.29 is 23.4 Å². The van der Waals surface area contributed by atoms with Crippen molar-refractivity contribution in [1.82, 2.24) is 24.8 Å². The Labute approximate surface area is 231 Å². The average Bonchev–Trinajstić information content (AvgIpc) is 3.45. The van der Waals surface area contributed by atoms with E-state index in [-0.39, 0.29) is 40.9 Å². The number of amides is 1. The minimum Gasteiger partial charge on any atom is -0.475 e. The molecule has 0 unspecified atom stereocenters. The van der Waals surface area contributed by atoms with E-state index in [1.807, 2.05) is 25.7 Å². The van der Waals surface area contributed by atoms with E-state index < -0.39 is 11.8 Å². The average molecular weight is 561 g/mol. The second-order valence-electron chi connectivity index (χ2n) is 12.6. The highest BCUT2D eigenvalue weighted by Gasteiger charge is 2.52. The van der Waals surface area contributed by atoms with Gasteiger partial charge in [0, 0.05) is 25.6 Å². The van der Waals surface area contributed by atoms with Crippen LogP contribution in [0.3, 0.4) is 0 Å². The molecule has 5 aliphatic heterocycles. The molecule has 0 aliphatic carbocycles. The normalized spacial score (nSPS) is 31.6. The molecule has 12 heteroatoms. The lowest BCUT2D eigenvalue weighted by atomic mass is 9.95. The molecule has 0 radical (unpaired) electrons. The quantitative estimate of drug-likeness (QED) is 0.517. The van der Waals surface area contributed by atoms with Crippen LogP contribution in [0.15, 0.2) is 6.07 Å². The summed E-state index contributed by atoms with van der Waals surface area (Å²) in [6.45, 7) is 8.23. The number of hydrogen-bond donors (Lipinski definition) is 0. The first-order valence-corrected chi connectivity index (χ1v) is 14.3. The number of ether oxygens (including phenoxy) is 3. The molecule has 39 heavy (non-hydrogen) atoms. The van der Waals surface area contributed by atoms with Gasteiger partial charge in [-0.15, -0.1) is 0 Å². The van der Waals surface area contributed by atoms with Crippen molar-refractivity contribution in [2.45, 2.75) is 88.3 Å². The van der Waals surface area contributed by atoms with Gasteiger partial charge >= 0.3 is 12.1 Å². The Morgan fingerprint density at radius 3 is 2.90 bits per heavy atom. The standard InChI is InChI=1S/C27H34ClFN6O4/c1-26(2,3)39-25(36)35-16-5-6-18(35)19-13-37-23-21-17(9-20(28)31-23)30-24(32-22(21)34(19)12-16)38-14-27-7-4-8-33(27)11-15(29)10-27/h9,15-16,18-19H,4-8,10-14H2,1-3H3/t15-,16-,18+,19-,27+/m1/s1. The lowest BCUT2D eigenvalue weighted by Crippen LogP contribution is -2.63. The Morgan fingerprint density at radius 1 is 1.23 bits per heavy atom. The van der Waals surface area contributed by atoms with Gasteiger partial charge in [0.1, 0.15) is 41.3 Å².